The fourth-order valence-electron chi connectivity index (χ4n) is 2.44. The summed E-state index contributed by atoms with van der Waals surface area (Å²) in [7, 11) is 1.95. The van der Waals surface area contributed by atoms with Crippen LogP contribution < -0.4 is 10.1 Å². The van der Waals surface area contributed by atoms with Crippen molar-refractivity contribution >= 4 is 5.91 Å². The number of benzene rings is 1. The van der Waals surface area contributed by atoms with Crippen molar-refractivity contribution in [1.82, 2.24) is 10.2 Å². The minimum Gasteiger partial charge on any atom is -0.484 e. The van der Waals surface area contributed by atoms with Crippen LogP contribution in [-0.2, 0) is 4.79 Å². The molecule has 0 aromatic heterocycles. The zero-order valence-electron chi connectivity index (χ0n) is 11.8. The molecule has 1 aliphatic heterocycles. The zero-order valence-corrected chi connectivity index (χ0v) is 11.8. The number of nitrogens with one attached hydrogen (secondary N) is 1. The van der Waals surface area contributed by atoms with Gasteiger partial charge in [-0.15, -0.1) is 0 Å². The molecule has 0 bridgehead atoms. The molecule has 0 saturated carbocycles. The minimum atomic E-state index is -0.310. The summed E-state index contributed by atoms with van der Waals surface area (Å²) in [6.45, 7) is 2.60. The Labute approximate surface area is 118 Å². The highest BCUT2D eigenvalue weighted by atomic mass is 19.1. The van der Waals surface area contributed by atoms with Crippen LogP contribution in [0, 0.1) is 11.7 Å². The Morgan fingerprint density at radius 1 is 1.35 bits per heavy atom. The van der Waals surface area contributed by atoms with Crippen LogP contribution in [0.1, 0.15) is 12.8 Å². The van der Waals surface area contributed by atoms with Crippen molar-refractivity contribution in [2.24, 2.45) is 5.92 Å². The molecule has 0 unspecified atom stereocenters. The first-order valence-electron chi connectivity index (χ1n) is 7.00. The molecular formula is C15H21FN2O2. The summed E-state index contributed by atoms with van der Waals surface area (Å²) in [5, 5.41) is 3.17. The molecule has 1 fully saturated rings. The molecule has 0 atom stereocenters. The van der Waals surface area contributed by atoms with E-state index in [2.05, 4.69) is 5.32 Å². The van der Waals surface area contributed by atoms with Gasteiger partial charge in [0.2, 0.25) is 0 Å². The van der Waals surface area contributed by atoms with E-state index in [1.165, 1.54) is 24.3 Å². The van der Waals surface area contributed by atoms with Gasteiger partial charge in [0.05, 0.1) is 0 Å². The Morgan fingerprint density at radius 3 is 2.60 bits per heavy atom. The molecule has 110 valence electrons. The standard InChI is InChI=1S/C15H21FN2O2/c1-17-10-12-6-8-18(9-7-12)15(19)11-20-14-4-2-13(16)3-5-14/h2-5,12,17H,6-11H2,1H3. The maximum Gasteiger partial charge on any atom is 0.260 e. The number of nitrogens with zero attached hydrogens (tertiary/aromatic N) is 1. The molecular weight excluding hydrogens is 259 g/mol. The van der Waals surface area contributed by atoms with Gasteiger partial charge in [0.15, 0.2) is 6.61 Å². The van der Waals surface area contributed by atoms with Gasteiger partial charge in [0.1, 0.15) is 11.6 Å². The molecule has 1 amide bonds. The van der Waals surface area contributed by atoms with E-state index in [9.17, 15) is 9.18 Å². The van der Waals surface area contributed by atoms with Gasteiger partial charge < -0.3 is 15.0 Å². The Balaban J connectivity index is 1.74. The molecule has 4 nitrogen and oxygen atoms in total. The number of amides is 1. The summed E-state index contributed by atoms with van der Waals surface area (Å²) in [6.07, 6.45) is 2.06. The predicted octanol–water partition coefficient (Wildman–Crippen LogP) is 1.66. The van der Waals surface area contributed by atoms with Gasteiger partial charge in [-0.05, 0) is 56.6 Å². The number of halogens is 1. The molecule has 0 spiro atoms. The van der Waals surface area contributed by atoms with E-state index in [1.54, 1.807) is 0 Å². The molecule has 20 heavy (non-hydrogen) atoms. The molecule has 1 saturated heterocycles. The van der Waals surface area contributed by atoms with Gasteiger partial charge in [-0.2, -0.15) is 0 Å². The van der Waals surface area contributed by atoms with Crippen LogP contribution in [0.25, 0.3) is 0 Å². The zero-order chi connectivity index (χ0) is 14.4. The summed E-state index contributed by atoms with van der Waals surface area (Å²) >= 11 is 0. The molecule has 1 aliphatic rings. The second-order valence-corrected chi connectivity index (χ2v) is 5.12. The number of hydrogen-bond donors (Lipinski definition) is 1. The lowest BCUT2D eigenvalue weighted by molar-refractivity contribution is -0.134. The van der Waals surface area contributed by atoms with Crippen molar-refractivity contribution in [2.75, 3.05) is 33.3 Å². The van der Waals surface area contributed by atoms with Crippen molar-refractivity contribution in [2.45, 2.75) is 12.8 Å². The average Bonchev–Trinajstić information content (AvgIpc) is 2.47. The van der Waals surface area contributed by atoms with Gasteiger partial charge in [-0.1, -0.05) is 0 Å². The number of carbonyl (C=O) groups excluding carboxylic acids is 1. The lowest BCUT2D eigenvalue weighted by atomic mass is 9.97. The first-order chi connectivity index (χ1) is 9.69. The Kier molecular flexibility index (Phi) is 5.35. The van der Waals surface area contributed by atoms with E-state index >= 15 is 0 Å². The first kappa shape index (κ1) is 14.8. The van der Waals surface area contributed by atoms with Crippen LogP contribution in [0.2, 0.25) is 0 Å². The number of carbonyl (C=O) groups is 1. The number of rotatable bonds is 5. The van der Waals surface area contributed by atoms with Crippen molar-refractivity contribution < 1.29 is 13.9 Å². The van der Waals surface area contributed by atoms with Crippen LogP contribution in [0.4, 0.5) is 4.39 Å². The normalized spacial score (nSPS) is 16.2. The molecule has 5 heteroatoms. The second-order valence-electron chi connectivity index (χ2n) is 5.12. The second kappa shape index (κ2) is 7.24. The maximum atomic E-state index is 12.7. The van der Waals surface area contributed by atoms with E-state index in [4.69, 9.17) is 4.74 Å². The molecule has 1 aromatic carbocycles. The summed E-state index contributed by atoms with van der Waals surface area (Å²) in [4.78, 5) is 13.9. The summed E-state index contributed by atoms with van der Waals surface area (Å²) in [5.74, 6) is 0.861. The molecule has 1 N–H and O–H groups in total. The summed E-state index contributed by atoms with van der Waals surface area (Å²) < 4.78 is 18.1. The van der Waals surface area contributed by atoms with E-state index in [1.807, 2.05) is 11.9 Å². The highest BCUT2D eigenvalue weighted by Crippen LogP contribution is 2.17. The van der Waals surface area contributed by atoms with Crippen LogP contribution in [-0.4, -0.2) is 44.1 Å². The van der Waals surface area contributed by atoms with Crippen molar-refractivity contribution in [3.05, 3.63) is 30.1 Å². The van der Waals surface area contributed by atoms with Crippen molar-refractivity contribution in [1.29, 1.82) is 0 Å². The third-order valence-corrected chi connectivity index (χ3v) is 3.64. The highest BCUT2D eigenvalue weighted by molar-refractivity contribution is 5.77. The molecule has 1 aromatic rings. The maximum absolute atomic E-state index is 12.7. The topological polar surface area (TPSA) is 41.6 Å². The van der Waals surface area contributed by atoms with Gasteiger partial charge in [0.25, 0.3) is 5.91 Å². The lowest BCUT2D eigenvalue weighted by Gasteiger charge is -2.31. The van der Waals surface area contributed by atoms with Gasteiger partial charge in [-0.25, -0.2) is 4.39 Å². The molecule has 1 heterocycles. The monoisotopic (exact) mass is 280 g/mol. The van der Waals surface area contributed by atoms with Gasteiger partial charge in [0, 0.05) is 13.1 Å². The summed E-state index contributed by atoms with van der Waals surface area (Å²) in [6, 6.07) is 5.70. The number of hydrogen-bond acceptors (Lipinski definition) is 3. The quantitative estimate of drug-likeness (QED) is 0.892. The van der Waals surface area contributed by atoms with Crippen LogP contribution in [0.3, 0.4) is 0 Å². The number of ether oxygens (including phenoxy) is 1. The lowest BCUT2D eigenvalue weighted by Crippen LogP contribution is -2.42. The number of likely N-dealkylation sites (tertiary alicyclic amines) is 1. The minimum absolute atomic E-state index is 0.00256. The number of piperidine rings is 1. The van der Waals surface area contributed by atoms with Gasteiger partial charge >= 0.3 is 0 Å². The third-order valence-electron chi connectivity index (χ3n) is 3.64. The van der Waals surface area contributed by atoms with E-state index in [0.717, 1.165) is 32.5 Å². The Bertz CT molecular complexity index is 428. The van der Waals surface area contributed by atoms with Crippen molar-refractivity contribution in [3.8, 4) is 5.75 Å². The smallest absolute Gasteiger partial charge is 0.260 e. The van der Waals surface area contributed by atoms with E-state index in [-0.39, 0.29) is 18.3 Å². The van der Waals surface area contributed by atoms with E-state index < -0.39 is 0 Å². The fourth-order valence-corrected chi connectivity index (χ4v) is 2.44. The predicted molar refractivity (Wildman–Crippen MR) is 75.1 cm³/mol. The van der Waals surface area contributed by atoms with Crippen LogP contribution in [0.15, 0.2) is 24.3 Å². The van der Waals surface area contributed by atoms with Crippen LogP contribution in [0.5, 0.6) is 5.75 Å². The molecule has 2 rings (SSSR count). The summed E-state index contributed by atoms with van der Waals surface area (Å²) in [5.41, 5.74) is 0. The third kappa shape index (κ3) is 4.20. The Morgan fingerprint density at radius 2 is 2.00 bits per heavy atom. The van der Waals surface area contributed by atoms with Crippen LogP contribution >= 0.6 is 0 Å². The largest absolute Gasteiger partial charge is 0.484 e. The highest BCUT2D eigenvalue weighted by Gasteiger charge is 2.22. The molecule has 0 radical (unpaired) electrons. The SMILES string of the molecule is CNCC1CCN(C(=O)COc2ccc(F)cc2)CC1. The average molecular weight is 280 g/mol. The first-order valence-corrected chi connectivity index (χ1v) is 7.00. The van der Waals surface area contributed by atoms with Crippen molar-refractivity contribution in [3.63, 3.8) is 0 Å². The van der Waals surface area contributed by atoms with E-state index in [0.29, 0.717) is 11.7 Å². The fraction of sp³-hybridized carbons (Fsp3) is 0.533. The molecule has 0 aliphatic carbocycles. The Hall–Kier alpha value is -1.62. The van der Waals surface area contributed by atoms with Gasteiger partial charge in [-0.3, -0.25) is 4.79 Å².